The first-order valence-electron chi connectivity index (χ1n) is 8.55. The van der Waals surface area contributed by atoms with Gasteiger partial charge in [-0.1, -0.05) is 40.2 Å². The number of fused-ring (bicyclic) bond motifs is 1. The summed E-state index contributed by atoms with van der Waals surface area (Å²) >= 11 is 3.39. The fourth-order valence-corrected chi connectivity index (χ4v) is 3.32. The Hall–Kier alpha value is -3.52. The number of rotatable bonds is 4. The average molecular weight is 452 g/mol. The summed E-state index contributed by atoms with van der Waals surface area (Å²) in [5.74, 6) is -1.53. The number of aromatic amines is 1. The van der Waals surface area contributed by atoms with Gasteiger partial charge in [0.15, 0.2) is 5.65 Å². The number of hydrogen-bond acceptors (Lipinski definition) is 5. The monoisotopic (exact) mass is 451 g/mol. The van der Waals surface area contributed by atoms with Crippen LogP contribution in [0.4, 0.5) is 0 Å². The number of methoxy groups -OCH3 is 1. The molecule has 0 radical (unpaired) electrons. The Morgan fingerprint density at radius 2 is 1.69 bits per heavy atom. The summed E-state index contributed by atoms with van der Waals surface area (Å²) < 4.78 is 5.61. The molecule has 2 aromatic heterocycles. The van der Waals surface area contributed by atoms with Crippen molar-refractivity contribution in [2.75, 3.05) is 7.11 Å². The topological polar surface area (TPSA) is 105 Å². The number of nitrogens with one attached hydrogen (secondary N) is 1. The van der Waals surface area contributed by atoms with Crippen LogP contribution in [0.25, 0.3) is 33.5 Å². The molecule has 0 spiro atoms. The SMILES string of the molecule is COC(=O)c1ccc(-c2cc(C(=O)O)c3c(-c4ccc(Br)cc4)[nH]nc3n2)cc1. The quantitative estimate of drug-likeness (QED) is 0.441. The Kier molecular flexibility index (Phi) is 4.85. The van der Waals surface area contributed by atoms with Gasteiger partial charge in [0.25, 0.3) is 0 Å². The summed E-state index contributed by atoms with van der Waals surface area (Å²) in [7, 11) is 1.31. The molecule has 0 amide bonds. The zero-order valence-electron chi connectivity index (χ0n) is 15.1. The third-order valence-corrected chi connectivity index (χ3v) is 5.02. The van der Waals surface area contributed by atoms with Gasteiger partial charge in [0.2, 0.25) is 0 Å². The molecule has 29 heavy (non-hydrogen) atoms. The minimum Gasteiger partial charge on any atom is -0.478 e. The molecule has 4 rings (SSSR count). The van der Waals surface area contributed by atoms with Crippen molar-refractivity contribution >= 4 is 38.9 Å². The highest BCUT2D eigenvalue weighted by Crippen LogP contribution is 2.32. The maximum Gasteiger partial charge on any atom is 0.337 e. The lowest BCUT2D eigenvalue weighted by Gasteiger charge is -2.06. The highest BCUT2D eigenvalue weighted by Gasteiger charge is 2.20. The van der Waals surface area contributed by atoms with E-state index in [4.69, 9.17) is 4.74 Å². The number of esters is 1. The third kappa shape index (κ3) is 3.50. The van der Waals surface area contributed by atoms with Gasteiger partial charge in [-0.25, -0.2) is 14.6 Å². The van der Waals surface area contributed by atoms with Gasteiger partial charge >= 0.3 is 11.9 Å². The molecular weight excluding hydrogens is 438 g/mol. The van der Waals surface area contributed by atoms with Gasteiger partial charge in [-0.3, -0.25) is 5.10 Å². The summed E-state index contributed by atoms with van der Waals surface area (Å²) in [5.41, 5.74) is 3.28. The number of benzene rings is 2. The molecule has 144 valence electrons. The molecule has 0 saturated heterocycles. The first kappa shape index (κ1) is 18.8. The molecule has 2 N–H and O–H groups in total. The molecule has 7 nitrogen and oxygen atoms in total. The summed E-state index contributed by atoms with van der Waals surface area (Å²) in [6.45, 7) is 0. The van der Waals surface area contributed by atoms with Crippen LogP contribution in [-0.2, 0) is 4.74 Å². The van der Waals surface area contributed by atoms with Gasteiger partial charge < -0.3 is 9.84 Å². The Bertz CT molecular complexity index is 1230. The molecule has 0 bridgehead atoms. The van der Waals surface area contributed by atoms with Crippen molar-refractivity contribution < 1.29 is 19.4 Å². The second kappa shape index (κ2) is 7.48. The van der Waals surface area contributed by atoms with E-state index in [-0.39, 0.29) is 5.56 Å². The van der Waals surface area contributed by atoms with Crippen molar-refractivity contribution in [1.29, 1.82) is 0 Å². The number of carboxylic acid groups (broad SMARTS) is 1. The van der Waals surface area contributed by atoms with E-state index in [1.165, 1.54) is 13.2 Å². The normalized spacial score (nSPS) is 10.8. The van der Waals surface area contributed by atoms with E-state index < -0.39 is 11.9 Å². The molecular formula is C21H14BrN3O4. The standard InChI is InChI=1S/C21H14BrN3O4/c1-29-21(28)13-4-2-11(3-5-13)16-10-15(20(26)27)17-18(24-25-19(17)23-16)12-6-8-14(22)9-7-12/h2-10H,1H3,(H,26,27)(H,23,24,25). The van der Waals surface area contributed by atoms with E-state index in [9.17, 15) is 14.7 Å². The van der Waals surface area contributed by atoms with Crippen LogP contribution in [0.15, 0.2) is 59.1 Å². The number of pyridine rings is 1. The largest absolute Gasteiger partial charge is 0.478 e. The third-order valence-electron chi connectivity index (χ3n) is 4.49. The number of halogens is 1. The molecule has 0 saturated carbocycles. The number of hydrogen-bond donors (Lipinski definition) is 2. The van der Waals surface area contributed by atoms with Crippen molar-refractivity contribution in [1.82, 2.24) is 15.2 Å². The zero-order chi connectivity index (χ0) is 20.5. The van der Waals surface area contributed by atoms with Gasteiger partial charge in [0.1, 0.15) is 0 Å². The second-order valence-electron chi connectivity index (χ2n) is 6.23. The Morgan fingerprint density at radius 3 is 2.31 bits per heavy atom. The van der Waals surface area contributed by atoms with E-state index in [0.29, 0.717) is 33.5 Å². The molecule has 0 aliphatic heterocycles. The Labute approximate surface area is 173 Å². The molecule has 0 fully saturated rings. The van der Waals surface area contributed by atoms with Gasteiger partial charge in [0.05, 0.1) is 35.0 Å². The number of carbonyl (C=O) groups excluding carboxylic acids is 1. The van der Waals surface area contributed by atoms with Gasteiger partial charge in [-0.15, -0.1) is 0 Å². The van der Waals surface area contributed by atoms with E-state index in [1.807, 2.05) is 24.3 Å². The maximum absolute atomic E-state index is 12.0. The highest BCUT2D eigenvalue weighted by atomic mass is 79.9. The molecule has 4 aromatic rings. The highest BCUT2D eigenvalue weighted by molar-refractivity contribution is 9.10. The minimum absolute atomic E-state index is 0.0914. The number of carbonyl (C=O) groups is 2. The number of aromatic carboxylic acids is 1. The zero-order valence-corrected chi connectivity index (χ0v) is 16.7. The molecule has 8 heteroatoms. The first-order chi connectivity index (χ1) is 14.0. The van der Waals surface area contributed by atoms with Crippen LogP contribution in [0.3, 0.4) is 0 Å². The maximum atomic E-state index is 12.0. The van der Waals surface area contributed by atoms with Crippen LogP contribution in [0.5, 0.6) is 0 Å². The Morgan fingerprint density at radius 1 is 1.03 bits per heavy atom. The van der Waals surface area contributed by atoms with Crippen molar-refractivity contribution in [3.8, 4) is 22.5 Å². The minimum atomic E-state index is -1.08. The van der Waals surface area contributed by atoms with E-state index >= 15 is 0 Å². The molecule has 0 aliphatic rings. The lowest BCUT2D eigenvalue weighted by molar-refractivity contribution is 0.0600. The number of nitrogens with zero attached hydrogens (tertiary/aromatic N) is 2. The molecule has 0 aliphatic carbocycles. The van der Waals surface area contributed by atoms with Crippen molar-refractivity contribution in [2.45, 2.75) is 0 Å². The van der Waals surface area contributed by atoms with Crippen LogP contribution >= 0.6 is 15.9 Å². The van der Waals surface area contributed by atoms with E-state index in [1.54, 1.807) is 24.3 Å². The predicted octanol–water partition coefficient (Wildman–Crippen LogP) is 4.54. The summed E-state index contributed by atoms with van der Waals surface area (Å²) in [5, 5.41) is 17.4. The van der Waals surface area contributed by atoms with Gasteiger partial charge in [-0.2, -0.15) is 5.10 Å². The summed E-state index contributed by atoms with van der Waals surface area (Å²) in [4.78, 5) is 28.1. The van der Waals surface area contributed by atoms with Gasteiger partial charge in [-0.05, 0) is 30.3 Å². The van der Waals surface area contributed by atoms with Crippen molar-refractivity contribution in [3.05, 3.63) is 70.2 Å². The molecule has 2 heterocycles. The molecule has 0 atom stereocenters. The van der Waals surface area contributed by atoms with Crippen LogP contribution in [0.2, 0.25) is 0 Å². The number of H-pyrrole nitrogens is 1. The van der Waals surface area contributed by atoms with Gasteiger partial charge in [0, 0.05) is 15.6 Å². The predicted molar refractivity (Wildman–Crippen MR) is 111 cm³/mol. The van der Waals surface area contributed by atoms with E-state index in [0.717, 1.165) is 10.0 Å². The first-order valence-corrected chi connectivity index (χ1v) is 9.34. The summed E-state index contributed by atoms with van der Waals surface area (Å²) in [6, 6.07) is 15.6. The lowest BCUT2D eigenvalue weighted by Crippen LogP contribution is -2.02. The number of carboxylic acids is 1. The molecule has 0 unspecified atom stereocenters. The van der Waals surface area contributed by atoms with Crippen LogP contribution in [0, 0.1) is 0 Å². The number of ether oxygens (including phenoxy) is 1. The summed E-state index contributed by atoms with van der Waals surface area (Å²) in [6.07, 6.45) is 0. The fraction of sp³-hybridized carbons (Fsp3) is 0.0476. The second-order valence-corrected chi connectivity index (χ2v) is 7.15. The number of aromatic nitrogens is 3. The van der Waals surface area contributed by atoms with Crippen molar-refractivity contribution in [2.24, 2.45) is 0 Å². The smallest absolute Gasteiger partial charge is 0.337 e. The van der Waals surface area contributed by atoms with Crippen LogP contribution in [0.1, 0.15) is 20.7 Å². The Balaban J connectivity index is 1.85. The lowest BCUT2D eigenvalue weighted by atomic mass is 10.0. The van der Waals surface area contributed by atoms with Crippen molar-refractivity contribution in [3.63, 3.8) is 0 Å². The molecule has 2 aromatic carbocycles. The van der Waals surface area contributed by atoms with Crippen LogP contribution in [-0.4, -0.2) is 39.3 Å². The average Bonchev–Trinajstić information content (AvgIpc) is 3.17. The van der Waals surface area contributed by atoms with E-state index in [2.05, 4.69) is 31.1 Å². The van der Waals surface area contributed by atoms with Crippen LogP contribution < -0.4 is 0 Å². The fourth-order valence-electron chi connectivity index (χ4n) is 3.06.